The summed E-state index contributed by atoms with van der Waals surface area (Å²) in [5, 5.41) is 13.6. The van der Waals surface area contributed by atoms with Crippen LogP contribution >= 0.6 is 0 Å². The molecule has 1 aromatic heterocycles. The fraction of sp³-hybridized carbons (Fsp3) is 0.250. The van der Waals surface area contributed by atoms with Gasteiger partial charge in [0.25, 0.3) is 0 Å². The Balaban J connectivity index is 2.56. The lowest BCUT2D eigenvalue weighted by Gasteiger charge is -2.12. The number of rotatable bonds is 2. The summed E-state index contributed by atoms with van der Waals surface area (Å²) in [4.78, 5) is 0. The molecule has 0 spiro atoms. The third-order valence-corrected chi connectivity index (χ3v) is 2.38. The average Bonchev–Trinajstić information content (AvgIpc) is 2.70. The van der Waals surface area contributed by atoms with Gasteiger partial charge in [0, 0.05) is 12.4 Å². The van der Waals surface area contributed by atoms with Crippen LogP contribution in [0.25, 0.3) is 5.69 Å². The first-order valence-electron chi connectivity index (χ1n) is 5.01. The van der Waals surface area contributed by atoms with Gasteiger partial charge in [0.15, 0.2) is 0 Å². The molecule has 0 bridgehead atoms. The van der Waals surface area contributed by atoms with Gasteiger partial charge in [0.1, 0.15) is 5.75 Å². The second kappa shape index (κ2) is 3.77. The van der Waals surface area contributed by atoms with Crippen molar-refractivity contribution >= 4 is 0 Å². The second-order valence-electron chi connectivity index (χ2n) is 3.85. The van der Waals surface area contributed by atoms with Crippen LogP contribution in [0.3, 0.4) is 0 Å². The third kappa shape index (κ3) is 1.86. The highest BCUT2D eigenvalue weighted by molar-refractivity contribution is 5.46. The van der Waals surface area contributed by atoms with Crippen molar-refractivity contribution in [2.75, 3.05) is 0 Å². The standard InChI is InChI=1S/C12H14N2O/c1-9(2)11-8-10(15)4-5-12(11)14-7-3-6-13-14/h3-9,15H,1-2H3. The Morgan fingerprint density at radius 3 is 2.73 bits per heavy atom. The van der Waals surface area contributed by atoms with E-state index < -0.39 is 0 Å². The fourth-order valence-corrected chi connectivity index (χ4v) is 1.62. The molecule has 2 aromatic rings. The maximum absolute atomic E-state index is 9.45. The molecule has 2 rings (SSSR count). The molecular weight excluding hydrogens is 188 g/mol. The first-order valence-corrected chi connectivity index (χ1v) is 5.01. The monoisotopic (exact) mass is 202 g/mol. The summed E-state index contributed by atoms with van der Waals surface area (Å²) < 4.78 is 1.81. The highest BCUT2D eigenvalue weighted by Crippen LogP contribution is 2.26. The number of nitrogens with zero attached hydrogens (tertiary/aromatic N) is 2. The van der Waals surface area contributed by atoms with Crippen LogP contribution in [0.5, 0.6) is 5.75 Å². The molecule has 0 amide bonds. The predicted molar refractivity (Wildman–Crippen MR) is 59.3 cm³/mol. The van der Waals surface area contributed by atoms with Crippen molar-refractivity contribution in [2.24, 2.45) is 0 Å². The summed E-state index contributed by atoms with van der Waals surface area (Å²) in [5.41, 5.74) is 2.12. The van der Waals surface area contributed by atoms with E-state index in [1.165, 1.54) is 0 Å². The van der Waals surface area contributed by atoms with Gasteiger partial charge in [-0.15, -0.1) is 0 Å². The zero-order valence-electron chi connectivity index (χ0n) is 8.88. The molecule has 0 radical (unpaired) electrons. The van der Waals surface area contributed by atoms with Crippen molar-refractivity contribution in [3.8, 4) is 11.4 Å². The minimum Gasteiger partial charge on any atom is -0.508 e. The number of aromatic nitrogens is 2. The Morgan fingerprint density at radius 2 is 2.13 bits per heavy atom. The fourth-order valence-electron chi connectivity index (χ4n) is 1.62. The molecule has 0 saturated carbocycles. The number of hydrogen-bond donors (Lipinski definition) is 1. The molecule has 1 heterocycles. The lowest BCUT2D eigenvalue weighted by molar-refractivity contribution is 0.474. The van der Waals surface area contributed by atoms with Crippen LogP contribution in [-0.4, -0.2) is 14.9 Å². The lowest BCUT2D eigenvalue weighted by Crippen LogP contribution is -2.01. The van der Waals surface area contributed by atoms with Crippen LogP contribution in [0.2, 0.25) is 0 Å². The molecule has 0 atom stereocenters. The van der Waals surface area contributed by atoms with Crippen LogP contribution in [0.4, 0.5) is 0 Å². The zero-order chi connectivity index (χ0) is 10.8. The van der Waals surface area contributed by atoms with Gasteiger partial charge in [-0.1, -0.05) is 13.8 Å². The molecule has 1 aromatic carbocycles. The van der Waals surface area contributed by atoms with Gasteiger partial charge < -0.3 is 5.11 Å². The van der Waals surface area contributed by atoms with Gasteiger partial charge in [-0.3, -0.25) is 0 Å². The molecule has 78 valence electrons. The summed E-state index contributed by atoms with van der Waals surface area (Å²) in [7, 11) is 0. The molecule has 0 aliphatic carbocycles. The molecule has 15 heavy (non-hydrogen) atoms. The van der Waals surface area contributed by atoms with E-state index in [-0.39, 0.29) is 0 Å². The number of hydrogen-bond acceptors (Lipinski definition) is 2. The summed E-state index contributed by atoms with van der Waals surface area (Å²) in [5.74, 6) is 0.658. The Kier molecular flexibility index (Phi) is 2.46. The van der Waals surface area contributed by atoms with Crippen molar-refractivity contribution in [2.45, 2.75) is 19.8 Å². The summed E-state index contributed by atoms with van der Waals surface area (Å²) in [6.07, 6.45) is 3.65. The van der Waals surface area contributed by atoms with E-state index in [0.717, 1.165) is 11.3 Å². The summed E-state index contributed by atoms with van der Waals surface area (Å²) in [6, 6.07) is 7.25. The Labute approximate surface area is 89.0 Å². The van der Waals surface area contributed by atoms with E-state index in [0.29, 0.717) is 11.7 Å². The Morgan fingerprint density at radius 1 is 1.33 bits per heavy atom. The van der Waals surface area contributed by atoms with E-state index in [2.05, 4.69) is 18.9 Å². The number of benzene rings is 1. The first kappa shape index (κ1) is 9.77. The molecule has 0 aliphatic heterocycles. The quantitative estimate of drug-likeness (QED) is 0.813. The molecular formula is C12H14N2O. The van der Waals surface area contributed by atoms with Crippen LogP contribution in [-0.2, 0) is 0 Å². The van der Waals surface area contributed by atoms with Crippen molar-refractivity contribution < 1.29 is 5.11 Å². The van der Waals surface area contributed by atoms with Crippen LogP contribution in [0.15, 0.2) is 36.7 Å². The third-order valence-electron chi connectivity index (χ3n) is 2.38. The average molecular weight is 202 g/mol. The lowest BCUT2D eigenvalue weighted by atomic mass is 10.0. The topological polar surface area (TPSA) is 38.0 Å². The van der Waals surface area contributed by atoms with E-state index in [1.807, 2.05) is 23.0 Å². The van der Waals surface area contributed by atoms with Crippen molar-refractivity contribution in [3.05, 3.63) is 42.2 Å². The van der Waals surface area contributed by atoms with Gasteiger partial charge in [-0.25, -0.2) is 4.68 Å². The van der Waals surface area contributed by atoms with Gasteiger partial charge in [0.2, 0.25) is 0 Å². The molecule has 3 heteroatoms. The Hall–Kier alpha value is -1.77. The SMILES string of the molecule is CC(C)c1cc(O)ccc1-n1cccn1. The van der Waals surface area contributed by atoms with E-state index >= 15 is 0 Å². The maximum Gasteiger partial charge on any atom is 0.116 e. The van der Waals surface area contributed by atoms with Crippen LogP contribution in [0, 0.1) is 0 Å². The highest BCUT2D eigenvalue weighted by Gasteiger charge is 2.09. The van der Waals surface area contributed by atoms with Crippen molar-refractivity contribution in [1.29, 1.82) is 0 Å². The number of phenolic OH excluding ortho intramolecular Hbond substituents is 1. The van der Waals surface area contributed by atoms with E-state index in [1.54, 1.807) is 18.3 Å². The van der Waals surface area contributed by atoms with E-state index in [9.17, 15) is 5.11 Å². The molecule has 0 unspecified atom stereocenters. The molecule has 0 aliphatic rings. The number of phenols is 1. The van der Waals surface area contributed by atoms with Gasteiger partial charge in [0.05, 0.1) is 5.69 Å². The molecule has 0 fully saturated rings. The molecule has 3 nitrogen and oxygen atoms in total. The normalized spacial score (nSPS) is 10.9. The summed E-state index contributed by atoms with van der Waals surface area (Å²) >= 11 is 0. The zero-order valence-corrected chi connectivity index (χ0v) is 8.88. The molecule has 0 saturated heterocycles. The molecule has 1 N–H and O–H groups in total. The first-order chi connectivity index (χ1) is 7.18. The second-order valence-corrected chi connectivity index (χ2v) is 3.85. The smallest absolute Gasteiger partial charge is 0.116 e. The van der Waals surface area contributed by atoms with Crippen molar-refractivity contribution in [1.82, 2.24) is 9.78 Å². The van der Waals surface area contributed by atoms with Crippen molar-refractivity contribution in [3.63, 3.8) is 0 Å². The number of aromatic hydroxyl groups is 1. The van der Waals surface area contributed by atoms with Gasteiger partial charge >= 0.3 is 0 Å². The maximum atomic E-state index is 9.45. The van der Waals surface area contributed by atoms with E-state index in [4.69, 9.17) is 0 Å². The minimum absolute atomic E-state index is 0.301. The van der Waals surface area contributed by atoms with Crippen LogP contribution in [0.1, 0.15) is 25.3 Å². The minimum atomic E-state index is 0.301. The van der Waals surface area contributed by atoms with Crippen LogP contribution < -0.4 is 0 Å². The van der Waals surface area contributed by atoms with Gasteiger partial charge in [-0.05, 0) is 35.7 Å². The Bertz CT molecular complexity index is 447. The largest absolute Gasteiger partial charge is 0.508 e. The van der Waals surface area contributed by atoms with Gasteiger partial charge in [-0.2, -0.15) is 5.10 Å². The predicted octanol–water partition coefficient (Wildman–Crippen LogP) is 2.70. The summed E-state index contributed by atoms with van der Waals surface area (Å²) in [6.45, 7) is 4.20. The highest BCUT2D eigenvalue weighted by atomic mass is 16.3.